The fourth-order valence-electron chi connectivity index (χ4n) is 3.49. The van der Waals surface area contributed by atoms with E-state index in [1.54, 1.807) is 23.6 Å². The summed E-state index contributed by atoms with van der Waals surface area (Å²) in [6, 6.07) is 4.36. The summed E-state index contributed by atoms with van der Waals surface area (Å²) in [4.78, 5) is 11.7. The lowest BCUT2D eigenvalue weighted by Crippen LogP contribution is -2.33. The summed E-state index contributed by atoms with van der Waals surface area (Å²) in [6.45, 7) is 5.31. The summed E-state index contributed by atoms with van der Waals surface area (Å²) in [5.41, 5.74) is 3.33. The molecule has 2 aliphatic heterocycles. The van der Waals surface area contributed by atoms with Crippen LogP contribution in [0.3, 0.4) is 0 Å². The highest BCUT2D eigenvalue weighted by Crippen LogP contribution is 2.42. The molecular weight excluding hydrogens is 345 g/mol. The first-order chi connectivity index (χ1) is 11.5. The second kappa shape index (κ2) is 5.97. The first kappa shape index (κ1) is 15.8. The molecule has 1 aromatic carbocycles. The van der Waals surface area contributed by atoms with Crippen molar-refractivity contribution in [3.63, 3.8) is 0 Å². The summed E-state index contributed by atoms with van der Waals surface area (Å²) in [5, 5.41) is 3.29. The van der Waals surface area contributed by atoms with Crippen LogP contribution in [0.5, 0.6) is 0 Å². The van der Waals surface area contributed by atoms with E-state index < -0.39 is 0 Å². The lowest BCUT2D eigenvalue weighted by molar-refractivity contribution is 0.509. The Kier molecular flexibility index (Phi) is 3.93. The summed E-state index contributed by atoms with van der Waals surface area (Å²) >= 11 is 7.90. The van der Waals surface area contributed by atoms with Gasteiger partial charge in [0.15, 0.2) is 10.8 Å². The van der Waals surface area contributed by atoms with Crippen molar-refractivity contribution in [3.05, 3.63) is 62.5 Å². The molecule has 2 unspecified atom stereocenters. The van der Waals surface area contributed by atoms with E-state index in [1.807, 2.05) is 5.38 Å². The molecule has 0 amide bonds. The van der Waals surface area contributed by atoms with Gasteiger partial charge >= 0.3 is 0 Å². The van der Waals surface area contributed by atoms with Crippen LogP contribution in [0, 0.1) is 11.7 Å². The zero-order valence-corrected chi connectivity index (χ0v) is 15.0. The van der Waals surface area contributed by atoms with Crippen molar-refractivity contribution in [1.29, 1.82) is 0 Å². The van der Waals surface area contributed by atoms with Gasteiger partial charge in [0.2, 0.25) is 0 Å². The van der Waals surface area contributed by atoms with Gasteiger partial charge in [0.1, 0.15) is 11.9 Å². The summed E-state index contributed by atoms with van der Waals surface area (Å²) < 4.78 is 13.4. The number of rotatable bonds is 2. The van der Waals surface area contributed by atoms with E-state index in [0.29, 0.717) is 10.9 Å². The Morgan fingerprint density at radius 3 is 2.92 bits per heavy atom. The number of fused-ring (bicyclic) bond motifs is 1. The maximum atomic E-state index is 13.4. The van der Waals surface area contributed by atoms with E-state index in [-0.39, 0.29) is 11.9 Å². The molecule has 0 bridgehead atoms. The number of thiazole rings is 1. The fraction of sp³-hybridized carbons (Fsp3) is 0.333. The second-order valence-electron chi connectivity index (χ2n) is 6.41. The number of benzene rings is 1. The average Bonchev–Trinajstić information content (AvgIpc) is 3.18. The number of aliphatic imine (C=N–C) groups is 1. The second-order valence-corrected chi connectivity index (χ2v) is 7.71. The molecule has 0 N–H and O–H groups in total. The van der Waals surface area contributed by atoms with Gasteiger partial charge in [-0.1, -0.05) is 24.6 Å². The molecule has 0 aliphatic carbocycles. The molecule has 3 heterocycles. The molecule has 6 heteroatoms. The minimum atomic E-state index is -0.329. The lowest BCUT2D eigenvalue weighted by atomic mass is 9.95. The molecule has 24 heavy (non-hydrogen) atoms. The number of halogens is 2. The minimum absolute atomic E-state index is 0.187. The molecular formula is C18H17ClFN3S. The minimum Gasteiger partial charge on any atom is -0.328 e. The Labute approximate surface area is 149 Å². The zero-order valence-electron chi connectivity index (χ0n) is 13.5. The van der Waals surface area contributed by atoms with Crippen LogP contribution >= 0.6 is 22.9 Å². The monoisotopic (exact) mass is 361 g/mol. The van der Waals surface area contributed by atoms with Gasteiger partial charge in [0, 0.05) is 28.8 Å². The van der Waals surface area contributed by atoms with Crippen molar-refractivity contribution in [2.75, 3.05) is 6.54 Å². The van der Waals surface area contributed by atoms with Crippen LogP contribution in [0.4, 0.5) is 4.39 Å². The van der Waals surface area contributed by atoms with Gasteiger partial charge in [-0.2, -0.15) is 0 Å². The molecule has 1 saturated heterocycles. The number of amidine groups is 1. The van der Waals surface area contributed by atoms with Crippen molar-refractivity contribution < 1.29 is 4.39 Å². The number of nitrogens with zero attached hydrogens (tertiary/aromatic N) is 3. The van der Waals surface area contributed by atoms with Crippen molar-refractivity contribution in [2.45, 2.75) is 26.3 Å². The SMILES string of the molecule is CC1=C2CC(C)CN2C(c2nccs2)=NC1c1ccc(F)cc1Cl. The van der Waals surface area contributed by atoms with E-state index in [2.05, 4.69) is 23.7 Å². The third-order valence-corrected chi connectivity index (χ3v) is 5.71. The molecule has 1 fully saturated rings. The van der Waals surface area contributed by atoms with Gasteiger partial charge in [-0.15, -0.1) is 11.3 Å². The Morgan fingerprint density at radius 2 is 2.21 bits per heavy atom. The first-order valence-electron chi connectivity index (χ1n) is 7.94. The standard InChI is InChI=1S/C18H17ClFN3S/c1-10-7-15-11(2)16(13-4-3-12(20)8-14(13)19)22-17(23(15)9-10)18-21-5-6-24-18/h3-6,8,10,16H,7,9H2,1-2H3. The van der Waals surface area contributed by atoms with Crippen LogP contribution in [-0.2, 0) is 0 Å². The number of hydrogen-bond acceptors (Lipinski definition) is 4. The average molecular weight is 362 g/mol. The fourth-order valence-corrected chi connectivity index (χ4v) is 4.40. The van der Waals surface area contributed by atoms with Crippen LogP contribution in [0.15, 0.2) is 46.0 Å². The molecule has 1 aromatic heterocycles. The maximum absolute atomic E-state index is 13.4. The Morgan fingerprint density at radius 1 is 1.38 bits per heavy atom. The first-order valence-corrected chi connectivity index (χ1v) is 9.20. The Hall–Kier alpha value is -1.72. The van der Waals surface area contributed by atoms with Crippen LogP contribution in [-0.4, -0.2) is 22.3 Å². The van der Waals surface area contributed by atoms with Gasteiger partial charge < -0.3 is 4.90 Å². The third kappa shape index (κ3) is 2.56. The van der Waals surface area contributed by atoms with Crippen molar-refractivity contribution >= 4 is 28.8 Å². The summed E-state index contributed by atoms with van der Waals surface area (Å²) in [7, 11) is 0. The smallest absolute Gasteiger partial charge is 0.165 e. The Balaban J connectivity index is 1.86. The molecule has 124 valence electrons. The molecule has 0 spiro atoms. The van der Waals surface area contributed by atoms with Crippen LogP contribution < -0.4 is 0 Å². The molecule has 2 aliphatic rings. The largest absolute Gasteiger partial charge is 0.328 e. The van der Waals surface area contributed by atoms with Gasteiger partial charge in [-0.25, -0.2) is 9.37 Å². The highest BCUT2D eigenvalue weighted by molar-refractivity contribution is 7.11. The van der Waals surface area contributed by atoms with Gasteiger partial charge in [-0.3, -0.25) is 4.99 Å². The highest BCUT2D eigenvalue weighted by atomic mass is 35.5. The Bertz CT molecular complexity index is 844. The van der Waals surface area contributed by atoms with Crippen LogP contribution in [0.2, 0.25) is 5.02 Å². The van der Waals surface area contributed by atoms with E-state index in [0.717, 1.165) is 29.4 Å². The molecule has 2 aromatic rings. The van der Waals surface area contributed by atoms with Gasteiger partial charge in [-0.05, 0) is 42.5 Å². The van der Waals surface area contributed by atoms with Crippen molar-refractivity contribution in [3.8, 4) is 0 Å². The van der Waals surface area contributed by atoms with Crippen LogP contribution in [0.1, 0.15) is 36.9 Å². The molecule has 4 rings (SSSR count). The number of hydrogen-bond donors (Lipinski definition) is 0. The molecule has 0 saturated carbocycles. The quantitative estimate of drug-likeness (QED) is 0.748. The summed E-state index contributed by atoms with van der Waals surface area (Å²) in [6.07, 6.45) is 2.82. The number of aromatic nitrogens is 1. The van der Waals surface area contributed by atoms with Gasteiger partial charge in [0.05, 0.1) is 0 Å². The topological polar surface area (TPSA) is 28.5 Å². The number of allylic oxidation sites excluding steroid dienone is 1. The molecule has 3 nitrogen and oxygen atoms in total. The lowest BCUT2D eigenvalue weighted by Gasteiger charge is -2.31. The van der Waals surface area contributed by atoms with E-state index >= 15 is 0 Å². The van der Waals surface area contributed by atoms with Crippen molar-refractivity contribution in [2.24, 2.45) is 10.9 Å². The van der Waals surface area contributed by atoms with E-state index in [4.69, 9.17) is 16.6 Å². The molecule has 0 radical (unpaired) electrons. The predicted octanol–water partition coefficient (Wildman–Crippen LogP) is 5.05. The normalized spacial score (nSPS) is 23.5. The third-order valence-electron chi connectivity index (χ3n) is 4.61. The highest BCUT2D eigenvalue weighted by Gasteiger charge is 2.36. The van der Waals surface area contributed by atoms with Crippen molar-refractivity contribution in [1.82, 2.24) is 9.88 Å². The van der Waals surface area contributed by atoms with E-state index in [9.17, 15) is 4.39 Å². The van der Waals surface area contributed by atoms with Crippen LogP contribution in [0.25, 0.3) is 0 Å². The molecule has 2 atom stereocenters. The predicted molar refractivity (Wildman–Crippen MR) is 96.0 cm³/mol. The van der Waals surface area contributed by atoms with Gasteiger partial charge in [0.25, 0.3) is 0 Å². The maximum Gasteiger partial charge on any atom is 0.165 e. The zero-order chi connectivity index (χ0) is 16.8. The van der Waals surface area contributed by atoms with E-state index in [1.165, 1.54) is 23.4 Å². The summed E-state index contributed by atoms with van der Waals surface area (Å²) in [5.74, 6) is 1.15.